The lowest BCUT2D eigenvalue weighted by Gasteiger charge is -2.38. The molecule has 1 aliphatic heterocycles. The van der Waals surface area contributed by atoms with Crippen LogP contribution in [0.15, 0.2) is 0 Å². The Hall–Kier alpha value is -1.12. The minimum atomic E-state index is -0.848. The van der Waals surface area contributed by atoms with Crippen LogP contribution in [-0.4, -0.2) is 60.1 Å². The fraction of sp³-hybridized carbons (Fsp3) is 0.846. The van der Waals surface area contributed by atoms with Gasteiger partial charge in [-0.15, -0.1) is 0 Å². The number of aliphatic hydroxyl groups is 1. The molecule has 5 nitrogen and oxygen atoms in total. The normalized spacial score (nSPS) is 17.6. The van der Waals surface area contributed by atoms with E-state index in [0.717, 1.165) is 13.1 Å². The highest BCUT2D eigenvalue weighted by Crippen LogP contribution is 2.28. The molecule has 1 heterocycles. The summed E-state index contributed by atoms with van der Waals surface area (Å²) in [4.78, 5) is 16.3. The molecule has 0 unspecified atom stereocenters. The summed E-state index contributed by atoms with van der Waals surface area (Å²) < 4.78 is 0. The molecular formula is C13H23N3O2. The van der Waals surface area contributed by atoms with E-state index >= 15 is 0 Å². The molecule has 1 rings (SSSR count). The molecule has 0 aliphatic carbocycles. The van der Waals surface area contributed by atoms with Gasteiger partial charge in [-0.2, -0.15) is 5.26 Å². The van der Waals surface area contributed by atoms with Crippen LogP contribution in [0.5, 0.6) is 0 Å². The molecule has 1 N–H and O–H groups in total. The Labute approximate surface area is 109 Å². The second-order valence-corrected chi connectivity index (χ2v) is 4.76. The maximum absolute atomic E-state index is 12.4. The third-order valence-electron chi connectivity index (χ3n) is 3.91. The second kappa shape index (κ2) is 6.72. The first-order valence-electron chi connectivity index (χ1n) is 6.67. The van der Waals surface area contributed by atoms with Crippen molar-refractivity contribution in [3.8, 4) is 6.07 Å². The van der Waals surface area contributed by atoms with Crippen LogP contribution >= 0.6 is 0 Å². The molecule has 0 saturated carbocycles. The zero-order chi connectivity index (χ0) is 13.6. The predicted octanol–water partition coefficient (Wildman–Crippen LogP) is 0.453. The largest absolute Gasteiger partial charge is 0.395 e. The van der Waals surface area contributed by atoms with Crippen LogP contribution in [0, 0.1) is 16.7 Å². The van der Waals surface area contributed by atoms with Crippen molar-refractivity contribution in [1.82, 2.24) is 9.80 Å². The van der Waals surface area contributed by atoms with E-state index in [4.69, 9.17) is 5.11 Å². The van der Waals surface area contributed by atoms with E-state index in [9.17, 15) is 10.1 Å². The number of hydrogen-bond donors (Lipinski definition) is 1. The standard InChI is InChI=1S/C13H23N3O2/c1-3-13(4-2,11-14)12(18)16-7-5-15(6-8-16)9-10-17/h17H,3-10H2,1-2H3. The van der Waals surface area contributed by atoms with Crippen LogP contribution in [0.2, 0.25) is 0 Å². The molecule has 5 heteroatoms. The number of nitrogens with zero attached hydrogens (tertiary/aromatic N) is 3. The summed E-state index contributed by atoms with van der Waals surface area (Å²) in [6, 6.07) is 2.20. The summed E-state index contributed by atoms with van der Waals surface area (Å²) in [5, 5.41) is 18.1. The average Bonchev–Trinajstić information content (AvgIpc) is 2.42. The average molecular weight is 253 g/mol. The van der Waals surface area contributed by atoms with Gasteiger partial charge in [-0.25, -0.2) is 0 Å². The summed E-state index contributed by atoms with van der Waals surface area (Å²) in [6.45, 7) is 7.47. The minimum Gasteiger partial charge on any atom is -0.395 e. The second-order valence-electron chi connectivity index (χ2n) is 4.76. The molecule has 0 aromatic carbocycles. The smallest absolute Gasteiger partial charge is 0.243 e. The summed E-state index contributed by atoms with van der Waals surface area (Å²) in [7, 11) is 0. The van der Waals surface area contributed by atoms with Gasteiger partial charge in [-0.3, -0.25) is 9.69 Å². The van der Waals surface area contributed by atoms with Gasteiger partial charge in [0.05, 0.1) is 12.7 Å². The first-order chi connectivity index (χ1) is 8.63. The topological polar surface area (TPSA) is 67.6 Å². The fourth-order valence-corrected chi connectivity index (χ4v) is 2.38. The first-order valence-corrected chi connectivity index (χ1v) is 6.67. The predicted molar refractivity (Wildman–Crippen MR) is 68.7 cm³/mol. The molecule has 0 aromatic heterocycles. The molecule has 0 radical (unpaired) electrons. The van der Waals surface area contributed by atoms with Crippen molar-refractivity contribution in [2.75, 3.05) is 39.3 Å². The zero-order valence-corrected chi connectivity index (χ0v) is 11.4. The van der Waals surface area contributed by atoms with Crippen molar-refractivity contribution in [3.63, 3.8) is 0 Å². The van der Waals surface area contributed by atoms with Crippen LogP contribution in [0.3, 0.4) is 0 Å². The Bertz CT molecular complexity index is 313. The Morgan fingerprint density at radius 3 is 2.22 bits per heavy atom. The highest BCUT2D eigenvalue weighted by atomic mass is 16.3. The highest BCUT2D eigenvalue weighted by Gasteiger charge is 2.39. The van der Waals surface area contributed by atoms with Gasteiger partial charge in [-0.05, 0) is 12.8 Å². The Kier molecular flexibility index (Phi) is 5.57. The molecule has 1 amide bonds. The number of rotatable bonds is 5. The van der Waals surface area contributed by atoms with Crippen molar-refractivity contribution >= 4 is 5.91 Å². The lowest BCUT2D eigenvalue weighted by atomic mass is 9.82. The van der Waals surface area contributed by atoms with Crippen molar-refractivity contribution in [2.45, 2.75) is 26.7 Å². The van der Waals surface area contributed by atoms with Gasteiger partial charge in [0.2, 0.25) is 5.91 Å². The maximum Gasteiger partial charge on any atom is 0.243 e. The van der Waals surface area contributed by atoms with E-state index in [0.29, 0.717) is 32.5 Å². The van der Waals surface area contributed by atoms with Gasteiger partial charge in [0.25, 0.3) is 0 Å². The number of aliphatic hydroxyl groups excluding tert-OH is 1. The van der Waals surface area contributed by atoms with Gasteiger partial charge in [-0.1, -0.05) is 13.8 Å². The zero-order valence-electron chi connectivity index (χ0n) is 11.4. The lowest BCUT2D eigenvalue weighted by Crippen LogP contribution is -2.53. The Morgan fingerprint density at radius 1 is 1.28 bits per heavy atom. The van der Waals surface area contributed by atoms with Gasteiger partial charge in [0.1, 0.15) is 5.41 Å². The molecule has 102 valence electrons. The fourth-order valence-electron chi connectivity index (χ4n) is 2.38. The van der Waals surface area contributed by atoms with E-state index in [2.05, 4.69) is 11.0 Å². The molecule has 0 bridgehead atoms. The van der Waals surface area contributed by atoms with Crippen molar-refractivity contribution in [3.05, 3.63) is 0 Å². The third kappa shape index (κ3) is 3.01. The molecule has 0 aromatic rings. The number of β-amino-alcohol motifs (C(OH)–C–C–N with tert-alkyl or cyclic N) is 1. The minimum absolute atomic E-state index is 0.0290. The summed E-state index contributed by atoms with van der Waals surface area (Å²) in [5.41, 5.74) is -0.848. The summed E-state index contributed by atoms with van der Waals surface area (Å²) in [5.74, 6) is -0.0290. The van der Waals surface area contributed by atoms with E-state index < -0.39 is 5.41 Å². The molecule has 18 heavy (non-hydrogen) atoms. The van der Waals surface area contributed by atoms with Gasteiger partial charge in [0, 0.05) is 32.7 Å². The lowest BCUT2D eigenvalue weighted by molar-refractivity contribution is -0.141. The molecule has 0 spiro atoms. The molecule has 1 aliphatic rings. The van der Waals surface area contributed by atoms with E-state index in [-0.39, 0.29) is 12.5 Å². The Balaban J connectivity index is 2.62. The van der Waals surface area contributed by atoms with Crippen LogP contribution in [0.1, 0.15) is 26.7 Å². The van der Waals surface area contributed by atoms with E-state index in [1.165, 1.54) is 0 Å². The number of amides is 1. The molecule has 1 fully saturated rings. The van der Waals surface area contributed by atoms with Crippen LogP contribution in [0.4, 0.5) is 0 Å². The first kappa shape index (κ1) is 14.9. The number of piperazine rings is 1. The van der Waals surface area contributed by atoms with Crippen molar-refractivity contribution in [2.24, 2.45) is 5.41 Å². The maximum atomic E-state index is 12.4. The molecule has 1 saturated heterocycles. The van der Waals surface area contributed by atoms with Gasteiger partial charge < -0.3 is 10.0 Å². The summed E-state index contributed by atoms with van der Waals surface area (Å²) in [6.07, 6.45) is 1.13. The number of nitriles is 1. The van der Waals surface area contributed by atoms with Crippen molar-refractivity contribution in [1.29, 1.82) is 5.26 Å². The van der Waals surface area contributed by atoms with Crippen LogP contribution < -0.4 is 0 Å². The summed E-state index contributed by atoms with van der Waals surface area (Å²) >= 11 is 0. The van der Waals surface area contributed by atoms with Crippen molar-refractivity contribution < 1.29 is 9.90 Å². The molecular weight excluding hydrogens is 230 g/mol. The van der Waals surface area contributed by atoms with Gasteiger partial charge in [0.15, 0.2) is 0 Å². The quantitative estimate of drug-likeness (QED) is 0.772. The Morgan fingerprint density at radius 2 is 1.83 bits per heavy atom. The molecule has 0 atom stereocenters. The highest BCUT2D eigenvalue weighted by molar-refractivity contribution is 5.85. The van der Waals surface area contributed by atoms with Crippen LogP contribution in [-0.2, 0) is 4.79 Å². The van der Waals surface area contributed by atoms with E-state index in [1.54, 1.807) is 4.90 Å². The van der Waals surface area contributed by atoms with Crippen LogP contribution in [0.25, 0.3) is 0 Å². The van der Waals surface area contributed by atoms with E-state index in [1.807, 2.05) is 13.8 Å². The number of hydrogen-bond acceptors (Lipinski definition) is 4. The monoisotopic (exact) mass is 253 g/mol. The van der Waals surface area contributed by atoms with Gasteiger partial charge >= 0.3 is 0 Å². The third-order valence-corrected chi connectivity index (χ3v) is 3.91. The SMILES string of the molecule is CCC(C#N)(CC)C(=O)N1CCN(CCO)CC1. The number of carbonyl (C=O) groups is 1. The number of carbonyl (C=O) groups excluding carboxylic acids is 1.